The fourth-order valence-electron chi connectivity index (χ4n) is 2.32. The van der Waals surface area contributed by atoms with Crippen LogP contribution in [0.15, 0.2) is 29.0 Å². The van der Waals surface area contributed by atoms with Crippen LogP contribution in [0.2, 0.25) is 0 Å². The molecule has 0 aromatic heterocycles. The van der Waals surface area contributed by atoms with Crippen LogP contribution in [-0.2, 0) is 9.53 Å². The van der Waals surface area contributed by atoms with E-state index in [9.17, 15) is 4.79 Å². The van der Waals surface area contributed by atoms with Gasteiger partial charge >= 0.3 is 0 Å². The number of carbonyl (C=O) groups is 1. The number of nitrogens with one attached hydrogen (secondary N) is 1. The lowest BCUT2D eigenvalue weighted by atomic mass is 9.83. The Morgan fingerprint density at radius 2 is 1.95 bits per heavy atom. The monoisotopic (exact) mass is 281 g/mol. The summed E-state index contributed by atoms with van der Waals surface area (Å²) in [7, 11) is 3.81. The van der Waals surface area contributed by atoms with Crippen molar-refractivity contribution in [2.75, 3.05) is 27.2 Å². The normalized spacial score (nSPS) is 18.8. The summed E-state index contributed by atoms with van der Waals surface area (Å²) in [5.74, 6) is 0.608. The van der Waals surface area contributed by atoms with Crippen molar-refractivity contribution in [1.82, 2.24) is 10.2 Å². The zero-order valence-corrected chi connectivity index (χ0v) is 13.1. The summed E-state index contributed by atoms with van der Waals surface area (Å²) >= 11 is 0. The molecule has 114 valence electrons. The van der Waals surface area contributed by atoms with Crippen molar-refractivity contribution in [1.29, 1.82) is 0 Å². The minimum Gasteiger partial charge on any atom is -0.456 e. The van der Waals surface area contributed by atoms with Crippen LogP contribution in [-0.4, -0.2) is 50.9 Å². The second-order valence-electron chi connectivity index (χ2n) is 4.39. The standard InChI is InChI=1S/C13H21N3O2.C2H6/c1-5-11(12(14-2)15-3)13(18-10-17)6-8-16(4)9-7-13;1-2/h5,10,15H,1-2,6-9H2,3-4H3;1-2H3/b12-11-;. The molecule has 0 spiro atoms. The van der Waals surface area contributed by atoms with E-state index in [4.69, 9.17) is 4.74 Å². The summed E-state index contributed by atoms with van der Waals surface area (Å²) in [6.07, 6.45) is 3.14. The predicted octanol–water partition coefficient (Wildman–Crippen LogP) is 1.97. The summed E-state index contributed by atoms with van der Waals surface area (Å²) in [5, 5.41) is 2.96. The summed E-state index contributed by atoms with van der Waals surface area (Å²) in [6.45, 7) is 13.6. The molecule has 1 fully saturated rings. The molecule has 1 aliphatic rings. The van der Waals surface area contributed by atoms with Gasteiger partial charge in [0.05, 0.1) is 0 Å². The first-order valence-electron chi connectivity index (χ1n) is 6.95. The third-order valence-electron chi connectivity index (χ3n) is 3.41. The maximum absolute atomic E-state index is 10.8. The van der Waals surface area contributed by atoms with Gasteiger partial charge in [0, 0.05) is 38.6 Å². The predicted molar refractivity (Wildman–Crippen MR) is 83.8 cm³/mol. The molecule has 0 unspecified atom stereocenters. The van der Waals surface area contributed by atoms with Crippen molar-refractivity contribution in [3.8, 4) is 0 Å². The summed E-state index contributed by atoms with van der Waals surface area (Å²) in [6, 6.07) is 0. The number of aliphatic imine (C=N–C) groups is 1. The number of piperidine rings is 1. The van der Waals surface area contributed by atoms with Crippen LogP contribution < -0.4 is 5.32 Å². The molecule has 0 aromatic rings. The van der Waals surface area contributed by atoms with Crippen LogP contribution in [0.25, 0.3) is 0 Å². The van der Waals surface area contributed by atoms with E-state index in [1.165, 1.54) is 0 Å². The molecule has 0 aliphatic carbocycles. The smallest absolute Gasteiger partial charge is 0.293 e. The van der Waals surface area contributed by atoms with E-state index in [1.807, 2.05) is 20.9 Å². The first-order chi connectivity index (χ1) is 9.63. The van der Waals surface area contributed by atoms with Crippen LogP contribution in [0.3, 0.4) is 0 Å². The Hall–Kier alpha value is -1.62. The average Bonchev–Trinajstić information content (AvgIpc) is 2.49. The number of likely N-dealkylation sites (tertiary alicyclic amines) is 1. The second-order valence-corrected chi connectivity index (χ2v) is 4.39. The maximum atomic E-state index is 10.8. The largest absolute Gasteiger partial charge is 0.456 e. The number of nitrogens with zero attached hydrogens (tertiary/aromatic N) is 2. The van der Waals surface area contributed by atoms with Crippen LogP contribution >= 0.6 is 0 Å². The van der Waals surface area contributed by atoms with Crippen molar-refractivity contribution in [3.05, 3.63) is 24.0 Å². The van der Waals surface area contributed by atoms with E-state index in [0.29, 0.717) is 12.3 Å². The van der Waals surface area contributed by atoms with Gasteiger partial charge in [-0.3, -0.25) is 4.79 Å². The SMILES string of the molecule is C=C/C(=C(\N=C)NC)C1(OC=O)CCN(C)CC1.CC. The molecule has 5 nitrogen and oxygen atoms in total. The van der Waals surface area contributed by atoms with Crippen LogP contribution in [0.4, 0.5) is 0 Å². The van der Waals surface area contributed by atoms with E-state index < -0.39 is 5.60 Å². The molecule has 0 saturated carbocycles. The summed E-state index contributed by atoms with van der Waals surface area (Å²) in [4.78, 5) is 17.0. The number of ether oxygens (including phenoxy) is 1. The molecular formula is C15H27N3O2. The van der Waals surface area contributed by atoms with Gasteiger partial charge in [-0.15, -0.1) is 0 Å². The van der Waals surface area contributed by atoms with E-state index in [1.54, 1.807) is 13.1 Å². The fraction of sp³-hybridized carbons (Fsp3) is 0.600. The number of hydrogen-bond acceptors (Lipinski definition) is 5. The van der Waals surface area contributed by atoms with Crippen molar-refractivity contribution in [2.45, 2.75) is 32.3 Å². The zero-order chi connectivity index (χ0) is 15.6. The van der Waals surface area contributed by atoms with Gasteiger partial charge in [-0.2, -0.15) is 0 Å². The minimum atomic E-state index is -0.643. The van der Waals surface area contributed by atoms with Gasteiger partial charge in [0.2, 0.25) is 0 Å². The highest BCUT2D eigenvalue weighted by Crippen LogP contribution is 2.34. The molecule has 1 heterocycles. The number of hydrogen-bond donors (Lipinski definition) is 1. The summed E-state index contributed by atoms with van der Waals surface area (Å²) < 4.78 is 5.39. The highest BCUT2D eigenvalue weighted by atomic mass is 16.5. The minimum absolute atomic E-state index is 0.505. The first-order valence-corrected chi connectivity index (χ1v) is 6.95. The Kier molecular flexibility index (Phi) is 8.56. The van der Waals surface area contributed by atoms with Gasteiger partial charge in [-0.05, 0) is 13.8 Å². The van der Waals surface area contributed by atoms with Gasteiger partial charge < -0.3 is 15.0 Å². The molecule has 0 atom stereocenters. The summed E-state index contributed by atoms with van der Waals surface area (Å²) in [5.41, 5.74) is 0.149. The van der Waals surface area contributed by atoms with Gasteiger partial charge in [-0.25, -0.2) is 4.99 Å². The van der Waals surface area contributed by atoms with Gasteiger partial charge in [0.15, 0.2) is 0 Å². The number of carbonyl (C=O) groups excluding carboxylic acids is 1. The Bertz CT molecular complexity index is 356. The quantitative estimate of drug-likeness (QED) is 0.459. The van der Waals surface area contributed by atoms with Crippen molar-refractivity contribution >= 4 is 13.2 Å². The highest BCUT2D eigenvalue weighted by molar-refractivity contribution is 5.45. The van der Waals surface area contributed by atoms with Crippen molar-refractivity contribution in [3.63, 3.8) is 0 Å². The van der Waals surface area contributed by atoms with E-state index in [0.717, 1.165) is 31.5 Å². The van der Waals surface area contributed by atoms with E-state index in [2.05, 4.69) is 28.5 Å². The second kappa shape index (κ2) is 9.31. The fourth-order valence-corrected chi connectivity index (χ4v) is 2.32. The van der Waals surface area contributed by atoms with Crippen LogP contribution in [0.5, 0.6) is 0 Å². The molecule has 1 rings (SSSR count). The molecule has 0 amide bonds. The molecule has 1 N–H and O–H groups in total. The lowest BCUT2D eigenvalue weighted by molar-refractivity contribution is -0.143. The third kappa shape index (κ3) is 4.20. The average molecular weight is 281 g/mol. The molecule has 0 aromatic carbocycles. The lowest BCUT2D eigenvalue weighted by Gasteiger charge is -2.40. The highest BCUT2D eigenvalue weighted by Gasteiger charge is 2.39. The zero-order valence-electron chi connectivity index (χ0n) is 13.1. The van der Waals surface area contributed by atoms with Crippen LogP contribution in [0, 0.1) is 0 Å². The van der Waals surface area contributed by atoms with Crippen LogP contribution in [0.1, 0.15) is 26.7 Å². The molecule has 0 radical (unpaired) electrons. The molecule has 1 aliphatic heterocycles. The van der Waals surface area contributed by atoms with Crippen molar-refractivity contribution in [2.24, 2.45) is 4.99 Å². The van der Waals surface area contributed by atoms with Gasteiger partial charge in [-0.1, -0.05) is 26.5 Å². The molecule has 0 bridgehead atoms. The Labute approximate surface area is 122 Å². The van der Waals surface area contributed by atoms with Gasteiger partial charge in [0.25, 0.3) is 6.47 Å². The molecular weight excluding hydrogens is 254 g/mol. The molecule has 5 heteroatoms. The van der Waals surface area contributed by atoms with E-state index in [-0.39, 0.29) is 0 Å². The molecule has 1 saturated heterocycles. The first kappa shape index (κ1) is 18.4. The number of rotatable bonds is 6. The Balaban J connectivity index is 0.00000172. The van der Waals surface area contributed by atoms with Gasteiger partial charge in [0.1, 0.15) is 11.4 Å². The topological polar surface area (TPSA) is 53.9 Å². The third-order valence-corrected chi connectivity index (χ3v) is 3.41. The van der Waals surface area contributed by atoms with Crippen molar-refractivity contribution < 1.29 is 9.53 Å². The molecule has 20 heavy (non-hydrogen) atoms. The Morgan fingerprint density at radius 1 is 1.40 bits per heavy atom. The lowest BCUT2D eigenvalue weighted by Crippen LogP contribution is -2.46. The van der Waals surface area contributed by atoms with E-state index >= 15 is 0 Å². The Morgan fingerprint density at radius 3 is 2.30 bits per heavy atom. The maximum Gasteiger partial charge on any atom is 0.293 e.